The van der Waals surface area contributed by atoms with Crippen LogP contribution in [0, 0.1) is 0 Å². The number of aromatic nitrogens is 7. The van der Waals surface area contributed by atoms with Crippen molar-refractivity contribution in [2.75, 3.05) is 31.2 Å². The molecule has 1 N–H and O–H groups in total. The molecule has 0 radical (unpaired) electrons. The van der Waals surface area contributed by atoms with Gasteiger partial charge in [0.15, 0.2) is 17.5 Å². The number of anilines is 1. The second kappa shape index (κ2) is 8.36. The first-order chi connectivity index (χ1) is 16.3. The fraction of sp³-hybridized carbons (Fsp3) is 0.167. The molecule has 0 spiro atoms. The zero-order valence-electron chi connectivity index (χ0n) is 17.7. The maximum atomic E-state index is 5.54. The van der Waals surface area contributed by atoms with E-state index in [0.717, 1.165) is 46.8 Å². The predicted molar refractivity (Wildman–Crippen MR) is 124 cm³/mol. The van der Waals surface area contributed by atoms with E-state index in [9.17, 15) is 0 Å². The Morgan fingerprint density at radius 1 is 0.818 bits per heavy atom. The third-order valence-electron chi connectivity index (χ3n) is 5.54. The molecule has 9 nitrogen and oxygen atoms in total. The molecule has 0 bridgehead atoms. The first-order valence-electron chi connectivity index (χ1n) is 10.7. The molecule has 5 heterocycles. The van der Waals surface area contributed by atoms with Gasteiger partial charge in [0.2, 0.25) is 0 Å². The molecule has 1 saturated heterocycles. The zero-order chi connectivity index (χ0) is 22.0. The molecular weight excluding hydrogens is 416 g/mol. The van der Waals surface area contributed by atoms with Crippen LogP contribution in [0.15, 0.2) is 67.1 Å². The van der Waals surface area contributed by atoms with Gasteiger partial charge >= 0.3 is 0 Å². The second-order valence-corrected chi connectivity index (χ2v) is 7.65. The maximum Gasteiger partial charge on any atom is 0.181 e. The van der Waals surface area contributed by atoms with Crippen LogP contribution in [0.2, 0.25) is 0 Å². The topological polar surface area (TPSA) is 106 Å². The Balaban J connectivity index is 1.51. The molecule has 0 amide bonds. The van der Waals surface area contributed by atoms with Gasteiger partial charge in [-0.15, -0.1) is 0 Å². The van der Waals surface area contributed by atoms with E-state index < -0.39 is 0 Å². The number of hydrogen-bond donors (Lipinski definition) is 1. The van der Waals surface area contributed by atoms with Gasteiger partial charge in [-0.1, -0.05) is 30.3 Å². The van der Waals surface area contributed by atoms with E-state index in [0.29, 0.717) is 30.6 Å². The van der Waals surface area contributed by atoms with E-state index in [-0.39, 0.29) is 0 Å². The van der Waals surface area contributed by atoms with Gasteiger partial charge in [-0.25, -0.2) is 24.9 Å². The summed E-state index contributed by atoms with van der Waals surface area (Å²) in [6.07, 6.45) is 5.34. The van der Waals surface area contributed by atoms with Crippen LogP contribution < -0.4 is 4.90 Å². The number of H-pyrrole nitrogens is 1. The Kier molecular flexibility index (Phi) is 4.93. The maximum absolute atomic E-state index is 5.54. The highest BCUT2D eigenvalue weighted by atomic mass is 16.5. The van der Waals surface area contributed by atoms with E-state index in [1.807, 2.05) is 54.7 Å². The average Bonchev–Trinajstić information content (AvgIpc) is 3.44. The molecule has 1 fully saturated rings. The average molecular weight is 436 g/mol. The molecule has 0 aliphatic carbocycles. The molecule has 6 rings (SSSR count). The van der Waals surface area contributed by atoms with Crippen molar-refractivity contribution in [2.45, 2.75) is 0 Å². The summed E-state index contributed by atoms with van der Waals surface area (Å²) < 4.78 is 5.54. The number of benzene rings is 1. The van der Waals surface area contributed by atoms with E-state index in [1.165, 1.54) is 0 Å². The van der Waals surface area contributed by atoms with Crippen molar-refractivity contribution >= 4 is 16.9 Å². The lowest BCUT2D eigenvalue weighted by molar-refractivity contribution is 0.122. The van der Waals surface area contributed by atoms with Crippen LogP contribution >= 0.6 is 0 Å². The normalized spacial score (nSPS) is 14.0. The van der Waals surface area contributed by atoms with Crippen LogP contribution in [0.3, 0.4) is 0 Å². The molecule has 1 aromatic carbocycles. The lowest BCUT2D eigenvalue weighted by Gasteiger charge is -2.28. The first kappa shape index (κ1) is 19.4. The van der Waals surface area contributed by atoms with Crippen molar-refractivity contribution in [3.63, 3.8) is 0 Å². The minimum Gasteiger partial charge on any atom is -0.378 e. The van der Waals surface area contributed by atoms with E-state index in [1.54, 1.807) is 12.4 Å². The Morgan fingerprint density at radius 2 is 1.70 bits per heavy atom. The molecule has 5 aromatic rings. The summed E-state index contributed by atoms with van der Waals surface area (Å²) in [4.78, 5) is 25.9. The van der Waals surface area contributed by atoms with E-state index >= 15 is 0 Å². The standard InChI is InChI=1S/C24H20N8O/c1-2-4-16(5-3-1)22-25-8-6-19(28-22)23-29-20-14-17(18-7-9-27-31-18)15-26-21(20)24(30-23)32-10-12-33-13-11-32/h1-9,14-15H,10-13H2,(H,27,31). The smallest absolute Gasteiger partial charge is 0.181 e. The molecule has 9 heteroatoms. The molecule has 162 valence electrons. The van der Waals surface area contributed by atoms with Gasteiger partial charge in [-0.2, -0.15) is 5.10 Å². The highest BCUT2D eigenvalue weighted by Gasteiger charge is 2.20. The van der Waals surface area contributed by atoms with E-state index in [4.69, 9.17) is 24.7 Å². The fourth-order valence-corrected chi connectivity index (χ4v) is 3.88. The minimum absolute atomic E-state index is 0.532. The van der Waals surface area contributed by atoms with Crippen molar-refractivity contribution in [1.29, 1.82) is 0 Å². The van der Waals surface area contributed by atoms with E-state index in [2.05, 4.69) is 20.1 Å². The fourth-order valence-electron chi connectivity index (χ4n) is 3.88. The summed E-state index contributed by atoms with van der Waals surface area (Å²) in [5.41, 5.74) is 4.78. The number of nitrogens with zero attached hydrogens (tertiary/aromatic N) is 7. The van der Waals surface area contributed by atoms with Crippen LogP contribution in [0.25, 0.3) is 45.2 Å². The molecule has 0 unspecified atom stereocenters. The largest absolute Gasteiger partial charge is 0.378 e. The van der Waals surface area contributed by atoms with Gasteiger partial charge in [0.1, 0.15) is 11.2 Å². The number of nitrogens with one attached hydrogen (secondary N) is 1. The molecular formula is C24H20N8O. The van der Waals surface area contributed by atoms with Gasteiger partial charge in [-0.3, -0.25) is 5.10 Å². The third-order valence-corrected chi connectivity index (χ3v) is 5.54. The number of aromatic amines is 1. The number of hydrogen-bond acceptors (Lipinski definition) is 8. The Labute approximate surface area is 189 Å². The highest BCUT2D eigenvalue weighted by Crippen LogP contribution is 2.29. The van der Waals surface area contributed by atoms with Gasteiger partial charge in [-0.05, 0) is 18.2 Å². The Bertz CT molecular complexity index is 1400. The molecule has 33 heavy (non-hydrogen) atoms. The SMILES string of the molecule is c1ccc(-c2nccc(-c3nc(N4CCOCC4)c4ncc(-c5cc[nH]n5)cc4n3)n2)cc1. The van der Waals surface area contributed by atoms with Crippen molar-refractivity contribution in [2.24, 2.45) is 0 Å². The van der Waals surface area contributed by atoms with Crippen LogP contribution in [-0.2, 0) is 4.74 Å². The molecule has 1 aliphatic heterocycles. The molecule has 1 aliphatic rings. The second-order valence-electron chi connectivity index (χ2n) is 7.65. The number of pyridine rings is 1. The Hall–Kier alpha value is -4.24. The summed E-state index contributed by atoms with van der Waals surface area (Å²) in [6.45, 7) is 2.79. The van der Waals surface area contributed by atoms with Gasteiger partial charge in [0, 0.05) is 42.8 Å². The lowest BCUT2D eigenvalue weighted by atomic mass is 10.2. The highest BCUT2D eigenvalue weighted by molar-refractivity contribution is 5.89. The molecule has 0 atom stereocenters. The summed E-state index contributed by atoms with van der Waals surface area (Å²) in [7, 11) is 0. The minimum atomic E-state index is 0.532. The van der Waals surface area contributed by atoms with Crippen molar-refractivity contribution in [3.8, 4) is 34.2 Å². The van der Waals surface area contributed by atoms with Crippen LogP contribution in [-0.4, -0.2) is 61.4 Å². The van der Waals surface area contributed by atoms with Crippen molar-refractivity contribution in [3.05, 3.63) is 67.1 Å². The number of morpholine rings is 1. The molecule has 0 saturated carbocycles. The zero-order valence-corrected chi connectivity index (χ0v) is 17.7. The summed E-state index contributed by atoms with van der Waals surface area (Å²) in [5, 5.41) is 7.12. The summed E-state index contributed by atoms with van der Waals surface area (Å²) >= 11 is 0. The lowest BCUT2D eigenvalue weighted by Crippen LogP contribution is -2.37. The first-order valence-corrected chi connectivity index (χ1v) is 10.7. The monoisotopic (exact) mass is 436 g/mol. The Morgan fingerprint density at radius 3 is 2.52 bits per heavy atom. The summed E-state index contributed by atoms with van der Waals surface area (Å²) in [6, 6.07) is 15.6. The van der Waals surface area contributed by atoms with Crippen LogP contribution in [0.5, 0.6) is 0 Å². The third kappa shape index (κ3) is 3.79. The van der Waals surface area contributed by atoms with Crippen LogP contribution in [0.1, 0.15) is 0 Å². The van der Waals surface area contributed by atoms with Crippen molar-refractivity contribution < 1.29 is 4.74 Å². The number of rotatable bonds is 4. The quantitative estimate of drug-likeness (QED) is 0.457. The van der Waals surface area contributed by atoms with Gasteiger partial charge in [0.05, 0.1) is 24.4 Å². The number of ether oxygens (including phenoxy) is 1. The van der Waals surface area contributed by atoms with Gasteiger partial charge in [0.25, 0.3) is 0 Å². The van der Waals surface area contributed by atoms with Crippen LogP contribution in [0.4, 0.5) is 5.82 Å². The summed E-state index contributed by atoms with van der Waals surface area (Å²) in [5.74, 6) is 1.95. The van der Waals surface area contributed by atoms with Gasteiger partial charge < -0.3 is 9.64 Å². The predicted octanol–water partition coefficient (Wildman–Crippen LogP) is 3.38. The molecule has 4 aromatic heterocycles. The van der Waals surface area contributed by atoms with Crippen molar-refractivity contribution in [1.82, 2.24) is 35.1 Å². The number of fused-ring (bicyclic) bond motifs is 1.